The monoisotopic (exact) mass is 392 g/mol. The number of benzene rings is 3. The van der Waals surface area contributed by atoms with Crippen molar-refractivity contribution in [3.05, 3.63) is 83.4 Å². The Balaban J connectivity index is 2.34. The van der Waals surface area contributed by atoms with E-state index >= 15 is 0 Å². The van der Waals surface area contributed by atoms with Crippen LogP contribution in [-0.4, -0.2) is 8.42 Å². The van der Waals surface area contributed by atoms with Gasteiger partial charge in [0.1, 0.15) is 4.90 Å². The SMILES string of the molecule is Cc1cc(S(=O)(=O)F)c(P(c2ccccc2)c2ccccc2)cc1Cl. The van der Waals surface area contributed by atoms with Gasteiger partial charge in [0.2, 0.25) is 0 Å². The highest BCUT2D eigenvalue weighted by Gasteiger charge is 2.26. The van der Waals surface area contributed by atoms with Crippen molar-refractivity contribution in [2.75, 3.05) is 0 Å². The highest BCUT2D eigenvalue weighted by Crippen LogP contribution is 2.37. The summed E-state index contributed by atoms with van der Waals surface area (Å²) in [6, 6.07) is 21.9. The molecule has 0 aliphatic carbocycles. The van der Waals surface area contributed by atoms with E-state index in [-0.39, 0.29) is 4.90 Å². The van der Waals surface area contributed by atoms with Gasteiger partial charge in [-0.2, -0.15) is 8.42 Å². The highest BCUT2D eigenvalue weighted by molar-refractivity contribution is 7.88. The Kier molecular flexibility index (Phi) is 5.24. The van der Waals surface area contributed by atoms with Crippen LogP contribution in [-0.2, 0) is 10.2 Å². The van der Waals surface area contributed by atoms with Crippen LogP contribution >= 0.6 is 19.5 Å². The molecule has 0 radical (unpaired) electrons. The van der Waals surface area contributed by atoms with E-state index < -0.39 is 18.1 Å². The van der Waals surface area contributed by atoms with Gasteiger partial charge in [-0.3, -0.25) is 0 Å². The molecule has 0 heterocycles. The third-order valence-electron chi connectivity index (χ3n) is 3.77. The van der Waals surface area contributed by atoms with Gasteiger partial charge in [0.15, 0.2) is 0 Å². The van der Waals surface area contributed by atoms with Crippen molar-refractivity contribution in [2.24, 2.45) is 0 Å². The van der Waals surface area contributed by atoms with Crippen LogP contribution in [0.15, 0.2) is 77.7 Å². The molecule has 0 aliphatic rings. The lowest BCUT2D eigenvalue weighted by molar-refractivity contribution is 0.553. The molecule has 0 saturated carbocycles. The summed E-state index contributed by atoms with van der Waals surface area (Å²) in [6.07, 6.45) is 0. The zero-order valence-electron chi connectivity index (χ0n) is 13.4. The molecule has 0 N–H and O–H groups in total. The maximum absolute atomic E-state index is 14.0. The second-order valence-electron chi connectivity index (χ2n) is 5.51. The lowest BCUT2D eigenvalue weighted by atomic mass is 10.2. The van der Waals surface area contributed by atoms with E-state index in [2.05, 4.69) is 0 Å². The van der Waals surface area contributed by atoms with E-state index in [1.165, 1.54) is 6.07 Å². The van der Waals surface area contributed by atoms with Gasteiger partial charge in [-0.25, -0.2) is 0 Å². The minimum Gasteiger partial charge on any atom is -0.189 e. The summed E-state index contributed by atoms with van der Waals surface area (Å²) >= 11 is 6.25. The number of aryl methyl sites for hydroxylation is 1. The molecule has 3 aromatic carbocycles. The van der Waals surface area contributed by atoms with Crippen LogP contribution in [0.5, 0.6) is 0 Å². The number of rotatable bonds is 4. The van der Waals surface area contributed by atoms with E-state index in [1.807, 2.05) is 60.7 Å². The first kappa shape index (κ1) is 18.1. The summed E-state index contributed by atoms with van der Waals surface area (Å²) in [7, 11) is -6.14. The van der Waals surface area contributed by atoms with Gasteiger partial charge < -0.3 is 0 Å². The molecular formula is C19H15ClFO2PS. The Hall–Kier alpha value is -1.74. The largest absolute Gasteiger partial charge is 0.332 e. The van der Waals surface area contributed by atoms with Crippen molar-refractivity contribution in [3.63, 3.8) is 0 Å². The normalized spacial score (nSPS) is 11.7. The number of hydrogen-bond donors (Lipinski definition) is 0. The number of hydrogen-bond acceptors (Lipinski definition) is 2. The van der Waals surface area contributed by atoms with Crippen molar-refractivity contribution >= 4 is 45.7 Å². The maximum atomic E-state index is 14.0. The summed E-state index contributed by atoms with van der Waals surface area (Å²) in [5.74, 6) is 0. The molecule has 0 aromatic heterocycles. The van der Waals surface area contributed by atoms with E-state index in [0.717, 1.165) is 10.6 Å². The van der Waals surface area contributed by atoms with Crippen molar-refractivity contribution in [3.8, 4) is 0 Å². The molecule has 3 aromatic rings. The van der Waals surface area contributed by atoms with Gasteiger partial charge in [0.25, 0.3) is 0 Å². The Morgan fingerprint density at radius 3 is 1.80 bits per heavy atom. The van der Waals surface area contributed by atoms with Gasteiger partial charge in [-0.05, 0) is 43.2 Å². The fourth-order valence-corrected chi connectivity index (χ4v) is 6.40. The first-order valence-corrected chi connectivity index (χ1v) is 10.6. The van der Waals surface area contributed by atoms with E-state index in [1.54, 1.807) is 13.0 Å². The maximum Gasteiger partial charge on any atom is 0.332 e. The predicted molar refractivity (Wildman–Crippen MR) is 103 cm³/mol. The van der Waals surface area contributed by atoms with Crippen LogP contribution in [0.3, 0.4) is 0 Å². The molecule has 128 valence electrons. The Morgan fingerprint density at radius 1 is 0.880 bits per heavy atom. The van der Waals surface area contributed by atoms with Crippen molar-refractivity contribution in [2.45, 2.75) is 11.8 Å². The molecule has 0 unspecified atom stereocenters. The molecule has 0 amide bonds. The molecule has 0 atom stereocenters. The Labute approximate surface area is 153 Å². The van der Waals surface area contributed by atoms with E-state index in [0.29, 0.717) is 15.9 Å². The van der Waals surface area contributed by atoms with Crippen LogP contribution in [0.1, 0.15) is 5.56 Å². The van der Waals surface area contributed by atoms with Crippen LogP contribution in [0, 0.1) is 6.92 Å². The molecule has 6 heteroatoms. The molecule has 3 rings (SSSR count). The fraction of sp³-hybridized carbons (Fsp3) is 0.0526. The van der Waals surface area contributed by atoms with Gasteiger partial charge >= 0.3 is 10.2 Å². The molecule has 0 fully saturated rings. The summed E-state index contributed by atoms with van der Waals surface area (Å²) in [6.45, 7) is 1.66. The third kappa shape index (κ3) is 3.92. The molecular weight excluding hydrogens is 378 g/mol. The molecule has 0 bridgehead atoms. The van der Waals surface area contributed by atoms with Crippen LogP contribution in [0.2, 0.25) is 5.02 Å². The highest BCUT2D eigenvalue weighted by atomic mass is 35.5. The summed E-state index contributed by atoms with van der Waals surface area (Å²) in [4.78, 5) is -0.312. The van der Waals surface area contributed by atoms with E-state index in [4.69, 9.17) is 11.6 Å². The first-order chi connectivity index (χ1) is 11.9. The van der Waals surface area contributed by atoms with Crippen molar-refractivity contribution in [1.82, 2.24) is 0 Å². The average Bonchev–Trinajstić information content (AvgIpc) is 2.59. The molecule has 0 saturated heterocycles. The summed E-state index contributed by atoms with van der Waals surface area (Å²) in [5.41, 5.74) is 0.526. The Bertz CT molecular complexity index is 953. The zero-order valence-corrected chi connectivity index (χ0v) is 15.8. The smallest absolute Gasteiger partial charge is 0.189 e. The minimum atomic E-state index is -4.88. The summed E-state index contributed by atoms with van der Waals surface area (Å²) in [5, 5.41) is 2.66. The standard InChI is InChI=1S/C19H15ClFO2PS/c1-14-12-19(25(21,22)23)18(13-17(14)20)24(15-8-4-2-5-9-15)16-10-6-3-7-11-16/h2-13H,1H3. The van der Waals surface area contributed by atoms with E-state index in [9.17, 15) is 12.3 Å². The lowest BCUT2D eigenvalue weighted by Crippen LogP contribution is -2.24. The fourth-order valence-electron chi connectivity index (χ4n) is 2.60. The van der Waals surface area contributed by atoms with Gasteiger partial charge in [0.05, 0.1) is 0 Å². The van der Waals surface area contributed by atoms with Crippen molar-refractivity contribution in [1.29, 1.82) is 0 Å². The van der Waals surface area contributed by atoms with Gasteiger partial charge in [0, 0.05) is 10.3 Å². The van der Waals surface area contributed by atoms with Gasteiger partial charge in [-0.15, -0.1) is 3.89 Å². The van der Waals surface area contributed by atoms with Crippen LogP contribution in [0.4, 0.5) is 3.89 Å². The third-order valence-corrected chi connectivity index (χ3v) is 7.68. The first-order valence-electron chi connectivity index (χ1n) is 7.53. The van der Waals surface area contributed by atoms with Crippen LogP contribution in [0.25, 0.3) is 0 Å². The summed E-state index contributed by atoms with van der Waals surface area (Å²) < 4.78 is 37.6. The minimum absolute atomic E-state index is 0.312. The average molecular weight is 393 g/mol. The lowest BCUT2D eigenvalue weighted by Gasteiger charge is -2.21. The second kappa shape index (κ2) is 7.25. The molecule has 25 heavy (non-hydrogen) atoms. The predicted octanol–water partition coefficient (Wildman–Crippen LogP) is 4.06. The molecule has 2 nitrogen and oxygen atoms in total. The van der Waals surface area contributed by atoms with Crippen molar-refractivity contribution < 1.29 is 12.3 Å². The Morgan fingerprint density at radius 2 is 1.36 bits per heavy atom. The van der Waals surface area contributed by atoms with Crippen LogP contribution < -0.4 is 15.9 Å². The van der Waals surface area contributed by atoms with Gasteiger partial charge in [-0.1, -0.05) is 72.3 Å². The second-order valence-corrected chi connectivity index (χ2v) is 9.42. The zero-order chi connectivity index (χ0) is 18.0. The topological polar surface area (TPSA) is 34.1 Å². The molecule has 0 spiro atoms. The number of halogens is 2. The quantitative estimate of drug-likeness (QED) is 0.495. The molecule has 0 aliphatic heterocycles.